The molecule has 1 fully saturated rings. The van der Waals surface area contributed by atoms with Crippen LogP contribution in [0.25, 0.3) is 0 Å². The largest absolute Gasteiger partial charge is 0.481 e. The number of nitrogens with one attached hydrogen (secondary N) is 2. The quantitative estimate of drug-likeness (QED) is 0.590. The first-order valence-electron chi connectivity index (χ1n) is 7.11. The first kappa shape index (κ1) is 16.7. The van der Waals surface area contributed by atoms with Gasteiger partial charge in [-0.05, 0) is 12.3 Å². The van der Waals surface area contributed by atoms with Crippen LogP contribution in [0, 0.1) is 5.92 Å². The molecule has 7 nitrogen and oxygen atoms in total. The Bertz CT molecular complexity index is 306. The fourth-order valence-electron chi connectivity index (χ4n) is 1.95. The third kappa shape index (κ3) is 7.96. The van der Waals surface area contributed by atoms with Gasteiger partial charge >= 0.3 is 12.0 Å². The molecule has 1 heterocycles. The van der Waals surface area contributed by atoms with Gasteiger partial charge in [0, 0.05) is 39.1 Å². The molecule has 0 aromatic carbocycles. The second-order valence-corrected chi connectivity index (χ2v) is 5.13. The predicted octanol–water partition coefficient (Wildman–Crippen LogP) is 0.119. The third-order valence-electron chi connectivity index (χ3n) is 3.28. The Morgan fingerprint density at radius 1 is 1.30 bits per heavy atom. The maximum Gasteiger partial charge on any atom is 0.314 e. The van der Waals surface area contributed by atoms with Gasteiger partial charge in [-0.2, -0.15) is 0 Å². The highest BCUT2D eigenvalue weighted by atomic mass is 16.5. The minimum absolute atomic E-state index is 0.140. The number of carboxylic acids is 1. The molecule has 0 aromatic rings. The van der Waals surface area contributed by atoms with Gasteiger partial charge in [-0.15, -0.1) is 0 Å². The summed E-state index contributed by atoms with van der Waals surface area (Å²) in [6, 6.07) is -0.194. The minimum atomic E-state index is -0.799. The van der Waals surface area contributed by atoms with Crippen molar-refractivity contribution in [2.75, 3.05) is 45.9 Å². The Hall–Kier alpha value is -1.34. The third-order valence-corrected chi connectivity index (χ3v) is 3.28. The molecule has 7 heteroatoms. The number of carbonyl (C=O) groups excluding carboxylic acids is 1. The summed E-state index contributed by atoms with van der Waals surface area (Å²) in [5.41, 5.74) is 0. The van der Waals surface area contributed by atoms with Crippen LogP contribution in [0.3, 0.4) is 0 Å². The van der Waals surface area contributed by atoms with Gasteiger partial charge in [0.05, 0.1) is 13.2 Å². The molecule has 1 unspecified atom stereocenters. The molecule has 0 radical (unpaired) electrons. The molecule has 116 valence electrons. The van der Waals surface area contributed by atoms with E-state index in [4.69, 9.17) is 9.84 Å². The standard InChI is InChI=1S/C13H25N3O4/c1-11(2-3-12(17)18)10-15-13(19)14-4-5-16-6-8-20-9-7-16/h11H,2-10H2,1H3,(H,17,18)(H2,14,15,19). The van der Waals surface area contributed by atoms with Crippen LogP contribution in [-0.4, -0.2) is 67.9 Å². The molecule has 0 aliphatic carbocycles. The van der Waals surface area contributed by atoms with Crippen LogP contribution < -0.4 is 10.6 Å². The number of ether oxygens (including phenoxy) is 1. The molecule has 1 saturated heterocycles. The number of rotatable bonds is 8. The van der Waals surface area contributed by atoms with Crippen molar-refractivity contribution in [2.24, 2.45) is 5.92 Å². The van der Waals surface area contributed by atoms with Gasteiger partial charge in [0.1, 0.15) is 0 Å². The molecule has 20 heavy (non-hydrogen) atoms. The van der Waals surface area contributed by atoms with Gasteiger partial charge in [-0.1, -0.05) is 6.92 Å². The number of hydrogen-bond acceptors (Lipinski definition) is 4. The van der Waals surface area contributed by atoms with E-state index in [1.807, 2.05) is 6.92 Å². The summed E-state index contributed by atoms with van der Waals surface area (Å²) < 4.78 is 5.25. The minimum Gasteiger partial charge on any atom is -0.481 e. The van der Waals surface area contributed by atoms with E-state index in [1.165, 1.54) is 0 Å². The highest BCUT2D eigenvalue weighted by molar-refractivity contribution is 5.73. The molecule has 1 aliphatic heterocycles. The summed E-state index contributed by atoms with van der Waals surface area (Å²) in [5.74, 6) is -0.636. The van der Waals surface area contributed by atoms with Crippen molar-refractivity contribution in [2.45, 2.75) is 19.8 Å². The summed E-state index contributed by atoms with van der Waals surface area (Å²) in [6.07, 6.45) is 0.713. The SMILES string of the molecule is CC(CCC(=O)O)CNC(=O)NCCN1CCOCC1. The Morgan fingerprint density at radius 2 is 2.00 bits per heavy atom. The summed E-state index contributed by atoms with van der Waals surface area (Å²) >= 11 is 0. The highest BCUT2D eigenvalue weighted by Crippen LogP contribution is 2.03. The number of morpholine rings is 1. The van der Waals surface area contributed by atoms with Gasteiger partial charge in [0.15, 0.2) is 0 Å². The number of carbonyl (C=O) groups is 2. The van der Waals surface area contributed by atoms with Crippen LogP contribution in [0.1, 0.15) is 19.8 Å². The average Bonchev–Trinajstić information content (AvgIpc) is 2.44. The van der Waals surface area contributed by atoms with E-state index in [1.54, 1.807) is 0 Å². The number of carboxylic acid groups (broad SMARTS) is 1. The molecule has 0 aromatic heterocycles. The van der Waals surface area contributed by atoms with Crippen LogP contribution in [0.5, 0.6) is 0 Å². The molecule has 0 bridgehead atoms. The Balaban J connectivity index is 2.00. The lowest BCUT2D eigenvalue weighted by atomic mass is 10.1. The fraction of sp³-hybridized carbons (Fsp3) is 0.846. The van der Waals surface area contributed by atoms with E-state index >= 15 is 0 Å². The van der Waals surface area contributed by atoms with Crippen LogP contribution in [0.15, 0.2) is 0 Å². The highest BCUT2D eigenvalue weighted by Gasteiger charge is 2.10. The van der Waals surface area contributed by atoms with E-state index < -0.39 is 5.97 Å². The van der Waals surface area contributed by atoms with Crippen molar-refractivity contribution in [3.63, 3.8) is 0 Å². The van der Waals surface area contributed by atoms with E-state index in [-0.39, 0.29) is 18.4 Å². The zero-order valence-corrected chi connectivity index (χ0v) is 12.1. The van der Waals surface area contributed by atoms with Gasteiger partial charge in [-0.3, -0.25) is 9.69 Å². The Morgan fingerprint density at radius 3 is 2.65 bits per heavy atom. The molecule has 3 N–H and O–H groups in total. The van der Waals surface area contributed by atoms with Crippen molar-refractivity contribution in [3.05, 3.63) is 0 Å². The first-order valence-corrected chi connectivity index (χ1v) is 7.11. The maximum atomic E-state index is 11.5. The normalized spacial score (nSPS) is 17.4. The molecule has 0 spiro atoms. The Kier molecular flexibility index (Phi) is 7.98. The van der Waals surface area contributed by atoms with E-state index in [9.17, 15) is 9.59 Å². The molecule has 1 rings (SSSR count). The summed E-state index contributed by atoms with van der Waals surface area (Å²) in [4.78, 5) is 24.2. The number of amides is 2. The van der Waals surface area contributed by atoms with E-state index in [0.717, 1.165) is 32.8 Å². The molecule has 0 saturated carbocycles. The lowest BCUT2D eigenvalue weighted by Crippen LogP contribution is -2.44. The van der Waals surface area contributed by atoms with Gasteiger partial charge in [-0.25, -0.2) is 4.79 Å². The van der Waals surface area contributed by atoms with Crippen molar-refractivity contribution in [3.8, 4) is 0 Å². The molecule has 1 atom stereocenters. The van der Waals surface area contributed by atoms with Crippen LogP contribution in [-0.2, 0) is 9.53 Å². The first-order chi connectivity index (χ1) is 9.58. The summed E-state index contributed by atoms with van der Waals surface area (Å²) in [5, 5.41) is 14.1. The number of urea groups is 1. The number of aliphatic carboxylic acids is 1. The predicted molar refractivity (Wildman–Crippen MR) is 74.7 cm³/mol. The molecular weight excluding hydrogens is 262 g/mol. The van der Waals surface area contributed by atoms with E-state index in [2.05, 4.69) is 15.5 Å². The van der Waals surface area contributed by atoms with Crippen LogP contribution in [0.2, 0.25) is 0 Å². The second kappa shape index (κ2) is 9.55. The summed E-state index contributed by atoms with van der Waals surface area (Å²) in [6.45, 7) is 7.19. The second-order valence-electron chi connectivity index (χ2n) is 5.13. The van der Waals surface area contributed by atoms with Gasteiger partial charge < -0.3 is 20.5 Å². The van der Waals surface area contributed by atoms with Crippen molar-refractivity contribution in [1.29, 1.82) is 0 Å². The van der Waals surface area contributed by atoms with Crippen LogP contribution in [0.4, 0.5) is 4.79 Å². The number of nitrogens with zero attached hydrogens (tertiary/aromatic N) is 1. The van der Waals surface area contributed by atoms with Crippen molar-refractivity contribution >= 4 is 12.0 Å². The Labute approximate surface area is 119 Å². The van der Waals surface area contributed by atoms with Crippen molar-refractivity contribution < 1.29 is 19.4 Å². The lowest BCUT2D eigenvalue weighted by Gasteiger charge is -2.26. The lowest BCUT2D eigenvalue weighted by molar-refractivity contribution is -0.137. The monoisotopic (exact) mass is 287 g/mol. The zero-order valence-electron chi connectivity index (χ0n) is 12.1. The fourth-order valence-corrected chi connectivity index (χ4v) is 1.95. The smallest absolute Gasteiger partial charge is 0.314 e. The zero-order chi connectivity index (χ0) is 14.8. The van der Waals surface area contributed by atoms with E-state index in [0.29, 0.717) is 19.5 Å². The van der Waals surface area contributed by atoms with Crippen molar-refractivity contribution in [1.82, 2.24) is 15.5 Å². The molecule has 1 aliphatic rings. The summed E-state index contributed by atoms with van der Waals surface area (Å²) in [7, 11) is 0. The van der Waals surface area contributed by atoms with Crippen LogP contribution >= 0.6 is 0 Å². The molecular formula is C13H25N3O4. The maximum absolute atomic E-state index is 11.5. The topological polar surface area (TPSA) is 90.9 Å². The average molecular weight is 287 g/mol. The number of hydrogen-bond donors (Lipinski definition) is 3. The van der Waals surface area contributed by atoms with Gasteiger partial charge in [0.2, 0.25) is 0 Å². The van der Waals surface area contributed by atoms with Gasteiger partial charge in [0.25, 0.3) is 0 Å². The molecule has 2 amide bonds.